The topological polar surface area (TPSA) is 52.6 Å². The Balaban J connectivity index is 1.17. The van der Waals surface area contributed by atoms with Crippen molar-refractivity contribution in [1.82, 2.24) is 0 Å². The fourth-order valence-electron chi connectivity index (χ4n) is 11.2. The number of fused-ring (bicyclic) bond motifs is 5. The van der Waals surface area contributed by atoms with E-state index in [1.165, 1.54) is 70.6 Å². The average molecular weight is 629 g/mol. The number of rotatable bonds is 16. The Morgan fingerprint density at radius 1 is 0.778 bits per heavy atom. The Hall–Kier alpha value is -0.900. The molecule has 260 valence electrons. The van der Waals surface area contributed by atoms with Crippen molar-refractivity contribution < 1.29 is 19.1 Å². The van der Waals surface area contributed by atoms with Gasteiger partial charge in [-0.3, -0.25) is 9.59 Å². The lowest BCUT2D eigenvalue weighted by molar-refractivity contribution is -0.163. The van der Waals surface area contributed by atoms with Crippen LogP contribution in [-0.4, -0.2) is 31.1 Å². The van der Waals surface area contributed by atoms with Crippen LogP contribution in [0.5, 0.6) is 0 Å². The van der Waals surface area contributed by atoms with Crippen molar-refractivity contribution in [2.45, 2.75) is 177 Å². The number of hydrogen-bond acceptors (Lipinski definition) is 4. The molecule has 0 heterocycles. The molecule has 0 aromatic rings. The fraction of sp³-hybridized carbons (Fsp3) is 0.951. The van der Waals surface area contributed by atoms with Crippen molar-refractivity contribution in [3.8, 4) is 0 Å². The zero-order valence-corrected chi connectivity index (χ0v) is 30.9. The minimum atomic E-state index is -0.0959. The third-order valence-electron chi connectivity index (χ3n) is 13.5. The van der Waals surface area contributed by atoms with Gasteiger partial charge in [-0.2, -0.15) is 0 Å². The maximum atomic E-state index is 12.7. The highest BCUT2D eigenvalue weighted by atomic mass is 16.5. The molecule has 0 aliphatic heterocycles. The first kappa shape index (κ1) is 36.9. The minimum Gasteiger partial charge on any atom is -0.462 e. The summed E-state index contributed by atoms with van der Waals surface area (Å²) in [7, 11) is 0. The average Bonchev–Trinajstić information content (AvgIpc) is 3.31. The van der Waals surface area contributed by atoms with E-state index in [0.29, 0.717) is 55.0 Å². The van der Waals surface area contributed by atoms with E-state index in [2.05, 4.69) is 55.4 Å². The van der Waals surface area contributed by atoms with Crippen LogP contribution < -0.4 is 0 Å². The molecule has 4 aliphatic carbocycles. The highest BCUT2D eigenvalue weighted by Crippen LogP contribution is 2.68. The second kappa shape index (κ2) is 16.0. The molecule has 0 bridgehead atoms. The van der Waals surface area contributed by atoms with Gasteiger partial charge < -0.3 is 9.47 Å². The molecule has 4 saturated carbocycles. The van der Waals surface area contributed by atoms with E-state index in [1.54, 1.807) is 0 Å². The van der Waals surface area contributed by atoms with E-state index >= 15 is 0 Å². The van der Waals surface area contributed by atoms with Gasteiger partial charge in [-0.25, -0.2) is 0 Å². The second-order valence-corrected chi connectivity index (χ2v) is 18.5. The quantitative estimate of drug-likeness (QED) is 0.126. The van der Waals surface area contributed by atoms with Crippen molar-refractivity contribution in [1.29, 1.82) is 0 Å². The molecule has 0 N–H and O–H groups in total. The van der Waals surface area contributed by atoms with Gasteiger partial charge in [0.25, 0.3) is 0 Å². The summed E-state index contributed by atoms with van der Waals surface area (Å²) >= 11 is 0. The normalized spacial score (nSPS) is 35.4. The van der Waals surface area contributed by atoms with Gasteiger partial charge >= 0.3 is 5.97 Å². The Kier molecular flexibility index (Phi) is 13.1. The Morgan fingerprint density at radius 2 is 1.49 bits per heavy atom. The van der Waals surface area contributed by atoms with Crippen molar-refractivity contribution in [2.24, 2.45) is 57.7 Å². The molecular weight excluding hydrogens is 556 g/mol. The van der Waals surface area contributed by atoms with Crippen LogP contribution in [0.25, 0.3) is 0 Å². The standard InChI is InChI=1S/C41H72O4/c1-29(2)13-9-10-14-30(3)35-18-19-36-34-17-16-31-27-33(20-23-40(31,7)37(34)21-24-41(35,36)8)45-38(43)22-26-44-25-12-11-15-32(42)28-39(4,5)6/h29-31,33-37H,9-28H2,1-8H3/t30-,31?,33+,34+,35-,36+,37+,40+,41-/m0/s1. The van der Waals surface area contributed by atoms with Crippen LogP contribution in [0.4, 0.5) is 0 Å². The lowest BCUT2D eigenvalue weighted by Gasteiger charge is -2.61. The number of carbonyl (C=O) groups excluding carboxylic acids is 2. The molecule has 9 atom stereocenters. The molecule has 4 rings (SSSR count). The molecule has 4 fully saturated rings. The number of Topliss-reactive ketones (excluding diaryl/α,β-unsaturated/α-hetero) is 1. The summed E-state index contributed by atoms with van der Waals surface area (Å²) in [5.74, 6) is 6.28. The molecule has 0 amide bonds. The van der Waals surface area contributed by atoms with Crippen LogP contribution in [0, 0.1) is 57.7 Å². The van der Waals surface area contributed by atoms with E-state index in [4.69, 9.17) is 9.47 Å². The van der Waals surface area contributed by atoms with Crippen LogP contribution in [0.3, 0.4) is 0 Å². The second-order valence-electron chi connectivity index (χ2n) is 18.5. The van der Waals surface area contributed by atoms with Crippen LogP contribution in [0.1, 0.15) is 171 Å². The Morgan fingerprint density at radius 3 is 2.22 bits per heavy atom. The van der Waals surface area contributed by atoms with Crippen LogP contribution in [0.2, 0.25) is 0 Å². The van der Waals surface area contributed by atoms with Crippen molar-refractivity contribution in [2.75, 3.05) is 13.2 Å². The summed E-state index contributed by atoms with van der Waals surface area (Å²) in [6.45, 7) is 20.0. The van der Waals surface area contributed by atoms with Gasteiger partial charge in [0.2, 0.25) is 0 Å². The fourth-order valence-corrected chi connectivity index (χ4v) is 11.2. The summed E-state index contributed by atoms with van der Waals surface area (Å²) in [5.41, 5.74) is 1.04. The number of esters is 1. The molecule has 1 unspecified atom stereocenters. The lowest BCUT2D eigenvalue weighted by atomic mass is 9.44. The van der Waals surface area contributed by atoms with E-state index in [0.717, 1.165) is 61.2 Å². The molecule has 0 aromatic carbocycles. The highest BCUT2D eigenvalue weighted by Gasteiger charge is 2.60. The first-order valence-corrected chi connectivity index (χ1v) is 19.5. The summed E-state index contributed by atoms with van der Waals surface area (Å²) in [4.78, 5) is 24.7. The first-order valence-electron chi connectivity index (χ1n) is 19.5. The van der Waals surface area contributed by atoms with E-state index in [-0.39, 0.29) is 17.5 Å². The SMILES string of the molecule is CC(C)CCCC[C@H](C)[C@@H]1CC[C@@H]2[C@H]3CCC4C[C@H](OC(=O)CCOCCCCC(=O)CC(C)(C)C)CC[C@@]4(C)[C@@H]3CC[C@]21C. The molecule has 0 aromatic heterocycles. The summed E-state index contributed by atoms with van der Waals surface area (Å²) in [6.07, 6.45) is 20.9. The van der Waals surface area contributed by atoms with E-state index < -0.39 is 0 Å². The first-order chi connectivity index (χ1) is 21.2. The van der Waals surface area contributed by atoms with Crippen LogP contribution in [0.15, 0.2) is 0 Å². The molecular formula is C41H72O4. The molecule has 0 saturated heterocycles. The third kappa shape index (κ3) is 9.60. The predicted octanol–water partition coefficient (Wildman–Crippen LogP) is 11.0. The molecule has 4 nitrogen and oxygen atoms in total. The summed E-state index contributed by atoms with van der Waals surface area (Å²) in [5, 5.41) is 0. The zero-order chi connectivity index (χ0) is 32.8. The Bertz CT molecular complexity index is 950. The van der Waals surface area contributed by atoms with Gasteiger partial charge in [-0.1, -0.05) is 81.1 Å². The zero-order valence-electron chi connectivity index (χ0n) is 30.9. The molecule has 0 spiro atoms. The number of hydrogen-bond donors (Lipinski definition) is 0. The minimum absolute atomic E-state index is 0.0623. The van der Waals surface area contributed by atoms with Gasteiger partial charge in [-0.05, 0) is 128 Å². The maximum Gasteiger partial charge on any atom is 0.308 e. The Labute approximate surface area is 278 Å². The monoisotopic (exact) mass is 629 g/mol. The number of carbonyl (C=O) groups is 2. The van der Waals surface area contributed by atoms with E-state index in [1.807, 2.05) is 0 Å². The van der Waals surface area contributed by atoms with Gasteiger partial charge in [-0.15, -0.1) is 0 Å². The van der Waals surface area contributed by atoms with Gasteiger partial charge in [0.05, 0.1) is 13.0 Å². The number of ketones is 1. The van der Waals surface area contributed by atoms with Crippen molar-refractivity contribution >= 4 is 11.8 Å². The van der Waals surface area contributed by atoms with Crippen molar-refractivity contribution in [3.63, 3.8) is 0 Å². The number of unbranched alkanes of at least 4 members (excludes halogenated alkanes) is 2. The van der Waals surface area contributed by atoms with Crippen LogP contribution >= 0.6 is 0 Å². The third-order valence-corrected chi connectivity index (χ3v) is 13.5. The van der Waals surface area contributed by atoms with Gasteiger partial charge in [0.1, 0.15) is 11.9 Å². The summed E-state index contributed by atoms with van der Waals surface area (Å²) < 4.78 is 11.8. The van der Waals surface area contributed by atoms with Gasteiger partial charge in [0.15, 0.2) is 0 Å². The van der Waals surface area contributed by atoms with E-state index in [9.17, 15) is 9.59 Å². The molecule has 0 radical (unpaired) electrons. The molecule has 45 heavy (non-hydrogen) atoms. The molecule has 4 heteroatoms. The van der Waals surface area contributed by atoms with Crippen LogP contribution in [-0.2, 0) is 19.1 Å². The summed E-state index contributed by atoms with van der Waals surface area (Å²) in [6, 6.07) is 0. The predicted molar refractivity (Wildman–Crippen MR) is 186 cm³/mol. The van der Waals surface area contributed by atoms with Gasteiger partial charge in [0, 0.05) is 19.4 Å². The largest absolute Gasteiger partial charge is 0.462 e. The smallest absolute Gasteiger partial charge is 0.308 e. The highest BCUT2D eigenvalue weighted by molar-refractivity contribution is 5.78. The van der Waals surface area contributed by atoms with Crippen molar-refractivity contribution in [3.05, 3.63) is 0 Å². The number of ether oxygens (including phenoxy) is 2. The lowest BCUT2D eigenvalue weighted by Crippen LogP contribution is -2.54. The molecule has 4 aliphatic rings. The maximum absolute atomic E-state index is 12.7.